The second-order valence-corrected chi connectivity index (χ2v) is 5.66. The molecule has 0 aliphatic heterocycles. The standard InChI is InChI=1S/C14H10Cl4O/c15-10-4-2-5-11(16)9(10)7-13(19)8-3-1-6-12(17)14(8)18/h1-6,13,19H,7H2. The molecular formula is C14H10Cl4O. The smallest absolute Gasteiger partial charge is 0.0846 e. The second kappa shape index (κ2) is 6.34. The molecule has 1 N–H and O–H groups in total. The molecule has 0 fully saturated rings. The topological polar surface area (TPSA) is 20.2 Å². The summed E-state index contributed by atoms with van der Waals surface area (Å²) in [5, 5.41) is 12.1. The Morgan fingerprint density at radius 3 is 2.00 bits per heavy atom. The molecule has 1 unspecified atom stereocenters. The van der Waals surface area contributed by atoms with Crippen LogP contribution in [0, 0.1) is 0 Å². The average Bonchev–Trinajstić information content (AvgIpc) is 2.37. The van der Waals surface area contributed by atoms with E-state index in [4.69, 9.17) is 46.4 Å². The van der Waals surface area contributed by atoms with E-state index in [-0.39, 0.29) is 6.42 Å². The molecule has 0 saturated heterocycles. The predicted octanol–water partition coefficient (Wildman–Crippen LogP) is 5.58. The van der Waals surface area contributed by atoms with E-state index in [1.807, 2.05) is 0 Å². The summed E-state index contributed by atoms with van der Waals surface area (Å²) >= 11 is 24.2. The first-order valence-electron chi connectivity index (χ1n) is 5.55. The molecule has 0 aliphatic carbocycles. The van der Waals surface area contributed by atoms with E-state index < -0.39 is 6.10 Å². The summed E-state index contributed by atoms with van der Waals surface area (Å²) in [6.45, 7) is 0. The number of halogens is 4. The number of hydrogen-bond donors (Lipinski definition) is 1. The van der Waals surface area contributed by atoms with Crippen LogP contribution < -0.4 is 0 Å². The lowest BCUT2D eigenvalue weighted by Gasteiger charge is -2.15. The van der Waals surface area contributed by atoms with E-state index in [1.165, 1.54) is 0 Å². The first-order chi connectivity index (χ1) is 9.00. The minimum atomic E-state index is -0.816. The summed E-state index contributed by atoms with van der Waals surface area (Å²) in [4.78, 5) is 0. The molecule has 1 atom stereocenters. The Morgan fingerprint density at radius 2 is 1.37 bits per heavy atom. The van der Waals surface area contributed by atoms with Crippen molar-refractivity contribution in [3.8, 4) is 0 Å². The quantitative estimate of drug-likeness (QED) is 0.776. The zero-order chi connectivity index (χ0) is 14.0. The van der Waals surface area contributed by atoms with Gasteiger partial charge in [-0.25, -0.2) is 0 Å². The third-order valence-corrected chi connectivity index (χ3v) is 4.34. The van der Waals surface area contributed by atoms with Crippen LogP contribution in [0.25, 0.3) is 0 Å². The zero-order valence-electron chi connectivity index (χ0n) is 9.71. The first kappa shape index (κ1) is 15.0. The molecule has 2 rings (SSSR count). The van der Waals surface area contributed by atoms with Gasteiger partial charge in [-0.1, -0.05) is 64.6 Å². The summed E-state index contributed by atoms with van der Waals surface area (Å²) in [6, 6.07) is 10.4. The van der Waals surface area contributed by atoms with Crippen LogP contribution in [0.4, 0.5) is 0 Å². The van der Waals surface area contributed by atoms with Gasteiger partial charge in [0.15, 0.2) is 0 Å². The highest BCUT2D eigenvalue weighted by Crippen LogP contribution is 2.34. The predicted molar refractivity (Wildman–Crippen MR) is 81.6 cm³/mol. The van der Waals surface area contributed by atoms with Gasteiger partial charge in [0.25, 0.3) is 0 Å². The number of hydrogen-bond acceptors (Lipinski definition) is 1. The van der Waals surface area contributed by atoms with Crippen LogP contribution in [0.3, 0.4) is 0 Å². The summed E-state index contributed by atoms with van der Waals surface area (Å²) in [5.41, 5.74) is 1.25. The van der Waals surface area contributed by atoms with Gasteiger partial charge in [0.05, 0.1) is 16.1 Å². The minimum absolute atomic E-state index is 0.276. The molecular weight excluding hydrogens is 326 g/mol. The highest BCUT2D eigenvalue weighted by Gasteiger charge is 2.17. The van der Waals surface area contributed by atoms with E-state index in [0.717, 1.165) is 0 Å². The van der Waals surface area contributed by atoms with Crippen LogP contribution in [0.1, 0.15) is 17.2 Å². The van der Waals surface area contributed by atoms with Gasteiger partial charge >= 0.3 is 0 Å². The fourth-order valence-corrected chi connectivity index (χ4v) is 2.79. The molecule has 0 aromatic heterocycles. The molecule has 0 bridgehead atoms. The lowest BCUT2D eigenvalue weighted by molar-refractivity contribution is 0.178. The molecule has 2 aromatic carbocycles. The van der Waals surface area contributed by atoms with Gasteiger partial charge in [0.2, 0.25) is 0 Å². The SMILES string of the molecule is OC(Cc1c(Cl)cccc1Cl)c1cccc(Cl)c1Cl. The molecule has 0 aliphatic rings. The Hall–Kier alpha value is -0.440. The van der Waals surface area contributed by atoms with Crippen LogP contribution in [0.5, 0.6) is 0 Å². The Bertz CT molecular complexity index is 578. The number of aliphatic hydroxyl groups excluding tert-OH is 1. The van der Waals surface area contributed by atoms with E-state index in [0.29, 0.717) is 31.2 Å². The highest BCUT2D eigenvalue weighted by atomic mass is 35.5. The number of aliphatic hydroxyl groups is 1. The van der Waals surface area contributed by atoms with Crippen molar-refractivity contribution < 1.29 is 5.11 Å². The van der Waals surface area contributed by atoms with Crippen molar-refractivity contribution in [2.75, 3.05) is 0 Å². The van der Waals surface area contributed by atoms with Crippen molar-refractivity contribution in [1.82, 2.24) is 0 Å². The van der Waals surface area contributed by atoms with Crippen molar-refractivity contribution in [3.05, 3.63) is 67.6 Å². The van der Waals surface area contributed by atoms with E-state index in [1.54, 1.807) is 36.4 Å². The van der Waals surface area contributed by atoms with Crippen molar-refractivity contribution in [3.63, 3.8) is 0 Å². The zero-order valence-corrected chi connectivity index (χ0v) is 12.7. The van der Waals surface area contributed by atoms with Crippen LogP contribution >= 0.6 is 46.4 Å². The van der Waals surface area contributed by atoms with Gasteiger partial charge in [-0.15, -0.1) is 0 Å². The highest BCUT2D eigenvalue weighted by molar-refractivity contribution is 6.42. The molecule has 0 radical (unpaired) electrons. The van der Waals surface area contributed by atoms with Gasteiger partial charge in [-0.3, -0.25) is 0 Å². The Balaban J connectivity index is 2.31. The molecule has 5 heteroatoms. The van der Waals surface area contributed by atoms with Crippen molar-refractivity contribution in [1.29, 1.82) is 0 Å². The van der Waals surface area contributed by atoms with Gasteiger partial charge in [0.1, 0.15) is 0 Å². The van der Waals surface area contributed by atoms with E-state index >= 15 is 0 Å². The largest absolute Gasteiger partial charge is 0.388 e. The monoisotopic (exact) mass is 334 g/mol. The van der Waals surface area contributed by atoms with Crippen LogP contribution in [-0.2, 0) is 6.42 Å². The van der Waals surface area contributed by atoms with Crippen LogP contribution in [0.2, 0.25) is 20.1 Å². The van der Waals surface area contributed by atoms with Crippen LogP contribution in [-0.4, -0.2) is 5.11 Å². The Morgan fingerprint density at radius 1 is 0.842 bits per heavy atom. The molecule has 0 amide bonds. The lowest BCUT2D eigenvalue weighted by Crippen LogP contribution is -2.04. The van der Waals surface area contributed by atoms with Gasteiger partial charge in [0, 0.05) is 22.0 Å². The average molecular weight is 336 g/mol. The third kappa shape index (κ3) is 3.36. The maximum Gasteiger partial charge on any atom is 0.0846 e. The first-order valence-corrected chi connectivity index (χ1v) is 7.06. The molecule has 1 nitrogen and oxygen atoms in total. The lowest BCUT2D eigenvalue weighted by atomic mass is 10.0. The second-order valence-electron chi connectivity index (χ2n) is 4.06. The molecule has 0 spiro atoms. The van der Waals surface area contributed by atoms with E-state index in [9.17, 15) is 5.11 Å². The summed E-state index contributed by atoms with van der Waals surface area (Å²) < 4.78 is 0. The third-order valence-electron chi connectivity index (χ3n) is 2.80. The summed E-state index contributed by atoms with van der Waals surface area (Å²) in [5.74, 6) is 0. The van der Waals surface area contributed by atoms with Crippen molar-refractivity contribution in [2.45, 2.75) is 12.5 Å². The molecule has 0 heterocycles. The maximum absolute atomic E-state index is 10.3. The Labute approximate surface area is 131 Å². The molecule has 19 heavy (non-hydrogen) atoms. The van der Waals surface area contributed by atoms with Gasteiger partial charge in [-0.2, -0.15) is 0 Å². The molecule has 0 saturated carbocycles. The molecule has 2 aromatic rings. The van der Waals surface area contributed by atoms with Gasteiger partial charge in [-0.05, 0) is 23.8 Å². The van der Waals surface area contributed by atoms with Gasteiger partial charge < -0.3 is 5.11 Å². The molecule has 100 valence electrons. The number of rotatable bonds is 3. The summed E-state index contributed by atoms with van der Waals surface area (Å²) in [6.07, 6.45) is -0.540. The normalized spacial score (nSPS) is 12.5. The number of benzene rings is 2. The fourth-order valence-electron chi connectivity index (χ4n) is 1.81. The maximum atomic E-state index is 10.3. The van der Waals surface area contributed by atoms with Crippen molar-refractivity contribution >= 4 is 46.4 Å². The van der Waals surface area contributed by atoms with E-state index in [2.05, 4.69) is 0 Å². The fraction of sp³-hybridized carbons (Fsp3) is 0.143. The minimum Gasteiger partial charge on any atom is -0.388 e. The summed E-state index contributed by atoms with van der Waals surface area (Å²) in [7, 11) is 0. The van der Waals surface area contributed by atoms with Crippen LogP contribution in [0.15, 0.2) is 36.4 Å². The Kier molecular flexibility index (Phi) is 4.99. The van der Waals surface area contributed by atoms with Crippen molar-refractivity contribution in [2.24, 2.45) is 0 Å².